The Balaban J connectivity index is 1.64. The molecule has 0 radical (unpaired) electrons. The zero-order valence-corrected chi connectivity index (χ0v) is 20.0. The number of rotatable bonds is 3. The monoisotopic (exact) mass is 446 g/mol. The fraction of sp³-hybridized carbons (Fsp3) is 0.200. The van der Waals surface area contributed by atoms with Crippen LogP contribution in [0.5, 0.6) is 0 Å². The fourth-order valence-corrected chi connectivity index (χ4v) is 4.79. The fourth-order valence-electron chi connectivity index (χ4n) is 4.79. The number of para-hydroxylation sites is 1. The van der Waals surface area contributed by atoms with Crippen LogP contribution in [0.1, 0.15) is 27.7 Å². The van der Waals surface area contributed by atoms with E-state index in [0.717, 1.165) is 49.7 Å². The van der Waals surface area contributed by atoms with Crippen molar-refractivity contribution in [3.8, 4) is 22.3 Å². The highest BCUT2D eigenvalue weighted by Crippen LogP contribution is 2.41. The molecule has 34 heavy (non-hydrogen) atoms. The van der Waals surface area contributed by atoms with Crippen molar-refractivity contribution in [2.75, 3.05) is 0 Å². The van der Waals surface area contributed by atoms with Gasteiger partial charge in [-0.1, -0.05) is 91.0 Å². The highest BCUT2D eigenvalue weighted by Gasteiger charge is 2.52. The van der Waals surface area contributed by atoms with E-state index in [1.807, 2.05) is 12.1 Å². The Hall–Kier alpha value is -3.34. The summed E-state index contributed by atoms with van der Waals surface area (Å²) in [5, 5.41) is 2.20. The number of furan rings is 1. The highest BCUT2D eigenvalue weighted by molar-refractivity contribution is 6.64. The molecule has 1 aliphatic rings. The molecule has 168 valence electrons. The Bertz CT molecular complexity index is 1480. The first-order chi connectivity index (χ1) is 16.4. The molecule has 0 aliphatic carbocycles. The minimum atomic E-state index is -0.480. The van der Waals surface area contributed by atoms with Crippen LogP contribution in [0.15, 0.2) is 95.4 Å². The van der Waals surface area contributed by atoms with Crippen LogP contribution in [0, 0.1) is 0 Å². The van der Waals surface area contributed by atoms with E-state index in [0.29, 0.717) is 0 Å². The lowest BCUT2D eigenvalue weighted by molar-refractivity contribution is 0.00578. The predicted octanol–water partition coefficient (Wildman–Crippen LogP) is 7.22. The van der Waals surface area contributed by atoms with Crippen molar-refractivity contribution in [3.63, 3.8) is 0 Å². The highest BCUT2D eigenvalue weighted by atomic mass is 16.7. The zero-order valence-electron chi connectivity index (χ0n) is 20.0. The van der Waals surface area contributed by atoms with Crippen molar-refractivity contribution in [1.82, 2.24) is 0 Å². The van der Waals surface area contributed by atoms with Crippen LogP contribution in [0.25, 0.3) is 44.2 Å². The molecule has 1 fully saturated rings. The van der Waals surface area contributed by atoms with Gasteiger partial charge in [0, 0.05) is 21.9 Å². The van der Waals surface area contributed by atoms with E-state index in [1.54, 1.807) is 0 Å². The van der Waals surface area contributed by atoms with Gasteiger partial charge in [0.15, 0.2) is 0 Å². The van der Waals surface area contributed by atoms with Crippen molar-refractivity contribution in [1.29, 1.82) is 0 Å². The summed E-state index contributed by atoms with van der Waals surface area (Å²) in [6.07, 6.45) is 0. The summed E-state index contributed by atoms with van der Waals surface area (Å²) >= 11 is 0. The second kappa shape index (κ2) is 7.59. The second-order valence-corrected chi connectivity index (χ2v) is 10.0. The molecular weight excluding hydrogens is 419 g/mol. The van der Waals surface area contributed by atoms with E-state index in [2.05, 4.69) is 107 Å². The molecule has 0 spiro atoms. The molecule has 0 amide bonds. The largest absolute Gasteiger partial charge is 0.495 e. The molecule has 0 atom stereocenters. The number of hydrogen-bond donors (Lipinski definition) is 0. The first-order valence-electron chi connectivity index (χ1n) is 11.8. The number of hydrogen-bond acceptors (Lipinski definition) is 3. The van der Waals surface area contributed by atoms with Crippen molar-refractivity contribution in [3.05, 3.63) is 91.0 Å². The minimum absolute atomic E-state index is 0.422. The molecule has 0 N–H and O–H groups in total. The summed E-state index contributed by atoms with van der Waals surface area (Å²) in [4.78, 5) is 0. The van der Waals surface area contributed by atoms with Gasteiger partial charge in [-0.3, -0.25) is 0 Å². The van der Waals surface area contributed by atoms with Crippen LogP contribution >= 0.6 is 0 Å². The van der Waals surface area contributed by atoms with Gasteiger partial charge in [-0.05, 0) is 44.3 Å². The molecule has 1 aromatic heterocycles. The van der Waals surface area contributed by atoms with E-state index in [1.165, 1.54) is 0 Å². The Kier molecular flexibility index (Phi) is 4.74. The van der Waals surface area contributed by atoms with E-state index < -0.39 is 18.3 Å². The average Bonchev–Trinajstić information content (AvgIpc) is 3.32. The lowest BCUT2D eigenvalue weighted by atomic mass is 9.74. The maximum absolute atomic E-state index is 6.72. The molecule has 2 heterocycles. The van der Waals surface area contributed by atoms with Crippen molar-refractivity contribution in [2.45, 2.75) is 38.9 Å². The molecule has 0 unspecified atom stereocenters. The van der Waals surface area contributed by atoms with Crippen molar-refractivity contribution < 1.29 is 13.7 Å². The van der Waals surface area contributed by atoms with Crippen LogP contribution < -0.4 is 5.46 Å². The van der Waals surface area contributed by atoms with Gasteiger partial charge in [0.05, 0.1) is 11.2 Å². The molecule has 0 saturated carbocycles. The Labute approximate surface area is 200 Å². The Morgan fingerprint density at radius 3 is 1.79 bits per heavy atom. The quantitative estimate of drug-likeness (QED) is 0.274. The average molecular weight is 446 g/mol. The standard InChI is InChI=1S/C30H27BO3/c1-29(2)30(3,4)34-31(33-29)25-19-18-24-23-17-11-16-22(20-12-7-5-8-13-20)27(23)32-28(24)26(25)21-14-9-6-10-15-21/h5-19H,1-4H3. The molecular formula is C30H27BO3. The molecule has 1 saturated heterocycles. The molecule has 4 aromatic carbocycles. The van der Waals surface area contributed by atoms with Crippen molar-refractivity contribution in [2.24, 2.45) is 0 Å². The van der Waals surface area contributed by atoms with Crippen LogP contribution in [-0.4, -0.2) is 18.3 Å². The summed E-state index contributed by atoms with van der Waals surface area (Å²) in [7, 11) is -0.480. The third-order valence-corrected chi connectivity index (χ3v) is 7.35. The summed E-state index contributed by atoms with van der Waals surface area (Å²) in [6, 6.07) is 31.4. The van der Waals surface area contributed by atoms with E-state index >= 15 is 0 Å². The Morgan fingerprint density at radius 1 is 0.559 bits per heavy atom. The van der Waals surface area contributed by atoms with Crippen LogP contribution in [0.3, 0.4) is 0 Å². The minimum Gasteiger partial charge on any atom is -0.455 e. The predicted molar refractivity (Wildman–Crippen MR) is 140 cm³/mol. The van der Waals surface area contributed by atoms with Gasteiger partial charge in [-0.2, -0.15) is 0 Å². The molecule has 6 rings (SSSR count). The first kappa shape index (κ1) is 21.2. The number of fused-ring (bicyclic) bond motifs is 3. The van der Waals surface area contributed by atoms with Crippen LogP contribution in [-0.2, 0) is 9.31 Å². The van der Waals surface area contributed by atoms with E-state index in [9.17, 15) is 0 Å². The van der Waals surface area contributed by atoms with Gasteiger partial charge in [0.25, 0.3) is 0 Å². The molecule has 0 bridgehead atoms. The van der Waals surface area contributed by atoms with Gasteiger partial charge in [-0.15, -0.1) is 0 Å². The van der Waals surface area contributed by atoms with Gasteiger partial charge in [0.1, 0.15) is 11.2 Å². The van der Waals surface area contributed by atoms with Gasteiger partial charge < -0.3 is 13.7 Å². The lowest BCUT2D eigenvalue weighted by Crippen LogP contribution is -2.41. The van der Waals surface area contributed by atoms with E-state index in [4.69, 9.17) is 13.7 Å². The maximum Gasteiger partial charge on any atom is 0.495 e. The topological polar surface area (TPSA) is 31.6 Å². The van der Waals surface area contributed by atoms with Gasteiger partial charge >= 0.3 is 7.12 Å². The summed E-state index contributed by atoms with van der Waals surface area (Å²) in [6.45, 7) is 8.34. The van der Waals surface area contributed by atoms with Gasteiger partial charge in [0.2, 0.25) is 0 Å². The maximum atomic E-state index is 6.72. The smallest absolute Gasteiger partial charge is 0.455 e. The molecule has 3 nitrogen and oxygen atoms in total. The summed E-state index contributed by atoms with van der Waals surface area (Å²) in [5.41, 5.74) is 6.22. The Morgan fingerprint density at radius 2 is 1.15 bits per heavy atom. The first-order valence-corrected chi connectivity index (χ1v) is 11.8. The lowest BCUT2D eigenvalue weighted by Gasteiger charge is -2.32. The number of benzene rings is 4. The SMILES string of the molecule is CC1(C)OB(c2ccc3c(oc4c(-c5ccccc5)cccc43)c2-c2ccccc2)OC1(C)C. The summed E-state index contributed by atoms with van der Waals surface area (Å²) < 4.78 is 19.6. The van der Waals surface area contributed by atoms with Crippen LogP contribution in [0.2, 0.25) is 0 Å². The normalized spacial score (nSPS) is 17.0. The second-order valence-electron chi connectivity index (χ2n) is 10.0. The van der Waals surface area contributed by atoms with E-state index in [-0.39, 0.29) is 0 Å². The third-order valence-electron chi connectivity index (χ3n) is 7.35. The zero-order chi connectivity index (χ0) is 23.5. The third kappa shape index (κ3) is 3.21. The molecule has 5 aromatic rings. The summed E-state index contributed by atoms with van der Waals surface area (Å²) in [5.74, 6) is 0. The molecule has 1 aliphatic heterocycles. The van der Waals surface area contributed by atoms with Crippen LogP contribution in [0.4, 0.5) is 0 Å². The molecule has 4 heteroatoms. The van der Waals surface area contributed by atoms with Gasteiger partial charge in [-0.25, -0.2) is 0 Å². The van der Waals surface area contributed by atoms with Crippen molar-refractivity contribution >= 4 is 34.5 Å².